The minimum absolute atomic E-state index is 0.00557. The van der Waals surface area contributed by atoms with Crippen LogP contribution < -0.4 is 5.32 Å². The Balaban J connectivity index is 1.50. The lowest BCUT2D eigenvalue weighted by Gasteiger charge is -2.11. The van der Waals surface area contributed by atoms with E-state index in [0.29, 0.717) is 6.42 Å². The number of hydrogen-bond donors (Lipinski definition) is 1. The second-order valence-corrected chi connectivity index (χ2v) is 8.92. The lowest BCUT2D eigenvalue weighted by Crippen LogP contribution is -2.15. The quantitative estimate of drug-likeness (QED) is 0.337. The third-order valence-electron chi connectivity index (χ3n) is 5.05. The zero-order chi connectivity index (χ0) is 22.9. The fourth-order valence-electron chi connectivity index (χ4n) is 3.48. The van der Waals surface area contributed by atoms with Crippen LogP contribution in [0.25, 0.3) is 10.8 Å². The molecule has 3 nitrogen and oxygen atoms in total. The molecule has 0 spiro atoms. The topological polar surface area (TPSA) is 42.0 Å². The van der Waals surface area contributed by atoms with E-state index >= 15 is 0 Å². The summed E-state index contributed by atoms with van der Waals surface area (Å²) in [7, 11) is 0. The van der Waals surface area contributed by atoms with E-state index in [-0.39, 0.29) is 17.1 Å². The average molecular weight is 475 g/mol. The molecule has 1 N–H and O–H groups in total. The van der Waals surface area contributed by atoms with E-state index in [2.05, 4.69) is 34.6 Å². The van der Waals surface area contributed by atoms with Crippen molar-refractivity contribution in [2.45, 2.75) is 25.9 Å². The Hall–Kier alpha value is -2.90. The number of anilines is 1. The summed E-state index contributed by atoms with van der Waals surface area (Å²) in [6, 6.07) is 17.1. The van der Waals surface area contributed by atoms with Gasteiger partial charge in [-0.15, -0.1) is 11.3 Å². The molecule has 8 heteroatoms. The zero-order valence-electron chi connectivity index (χ0n) is 17.0. The van der Waals surface area contributed by atoms with E-state index < -0.39 is 17.6 Å². The van der Waals surface area contributed by atoms with Crippen molar-refractivity contribution in [3.63, 3.8) is 0 Å². The van der Waals surface area contributed by atoms with Gasteiger partial charge in [-0.2, -0.15) is 13.2 Å². The summed E-state index contributed by atoms with van der Waals surface area (Å²) in [6.07, 6.45) is -3.88. The minimum Gasteiger partial charge on any atom is -0.324 e. The fourth-order valence-corrected chi connectivity index (χ4v) is 4.73. The number of aryl methyl sites for hydroxylation is 1. The fraction of sp³-hybridized carbons (Fsp3) is 0.167. The SMILES string of the molecule is Cc1nc(Cc2cccc3ccccc23)sc1CC(=O)Nc1cc(C(F)(F)F)ccc1Cl. The first-order valence-corrected chi connectivity index (χ1v) is 11.0. The predicted octanol–water partition coefficient (Wildman–Crippen LogP) is 7.05. The number of thiazole rings is 1. The van der Waals surface area contributed by atoms with E-state index in [1.165, 1.54) is 11.3 Å². The molecule has 0 bridgehead atoms. The lowest BCUT2D eigenvalue weighted by atomic mass is 10.0. The highest BCUT2D eigenvalue weighted by Gasteiger charge is 2.31. The summed E-state index contributed by atoms with van der Waals surface area (Å²) < 4.78 is 38.9. The first kappa shape index (κ1) is 22.3. The molecule has 1 amide bonds. The van der Waals surface area contributed by atoms with Crippen molar-refractivity contribution in [1.29, 1.82) is 0 Å². The molecule has 0 atom stereocenters. The normalized spacial score (nSPS) is 11.7. The molecule has 0 aliphatic rings. The van der Waals surface area contributed by atoms with Crippen LogP contribution in [0.1, 0.15) is 26.7 Å². The molecule has 164 valence electrons. The van der Waals surface area contributed by atoms with E-state index in [1.54, 1.807) is 0 Å². The molecule has 3 aromatic carbocycles. The van der Waals surface area contributed by atoms with Crippen molar-refractivity contribution in [3.8, 4) is 0 Å². The molecule has 0 unspecified atom stereocenters. The summed E-state index contributed by atoms with van der Waals surface area (Å²) in [6.45, 7) is 1.82. The number of benzene rings is 3. The van der Waals surface area contributed by atoms with E-state index in [4.69, 9.17) is 11.6 Å². The monoisotopic (exact) mass is 474 g/mol. The smallest absolute Gasteiger partial charge is 0.324 e. The van der Waals surface area contributed by atoms with Crippen LogP contribution in [0.4, 0.5) is 18.9 Å². The van der Waals surface area contributed by atoms with Gasteiger partial charge in [0, 0.05) is 11.3 Å². The molecule has 0 saturated carbocycles. The maximum Gasteiger partial charge on any atom is 0.416 e. The van der Waals surface area contributed by atoms with Crippen molar-refractivity contribution in [2.24, 2.45) is 0 Å². The maximum absolute atomic E-state index is 13.0. The van der Waals surface area contributed by atoms with Gasteiger partial charge in [0.25, 0.3) is 0 Å². The van der Waals surface area contributed by atoms with E-state index in [0.717, 1.165) is 50.1 Å². The van der Waals surface area contributed by atoms with Crippen LogP contribution in [0.5, 0.6) is 0 Å². The van der Waals surface area contributed by atoms with Crippen LogP contribution in [0.15, 0.2) is 60.7 Å². The number of carbonyl (C=O) groups is 1. The van der Waals surface area contributed by atoms with Crippen LogP contribution >= 0.6 is 22.9 Å². The highest BCUT2D eigenvalue weighted by atomic mass is 35.5. The Kier molecular flexibility index (Phi) is 6.22. The largest absolute Gasteiger partial charge is 0.416 e. The van der Waals surface area contributed by atoms with Crippen molar-refractivity contribution >= 4 is 45.3 Å². The van der Waals surface area contributed by atoms with Gasteiger partial charge in [0.1, 0.15) is 0 Å². The van der Waals surface area contributed by atoms with Crippen LogP contribution in [-0.4, -0.2) is 10.9 Å². The van der Waals surface area contributed by atoms with Crippen molar-refractivity contribution in [2.75, 3.05) is 5.32 Å². The third-order valence-corrected chi connectivity index (χ3v) is 6.53. The molecule has 32 heavy (non-hydrogen) atoms. The Bertz CT molecular complexity index is 1290. The van der Waals surface area contributed by atoms with Crippen molar-refractivity contribution in [1.82, 2.24) is 4.98 Å². The van der Waals surface area contributed by atoms with Crippen molar-refractivity contribution < 1.29 is 18.0 Å². The standard InChI is InChI=1S/C24H18ClF3N2OS/c1-14-21(13-22(31)30-20-12-17(24(26,27)28)9-10-19(20)25)32-23(29-14)11-16-7-4-6-15-5-2-3-8-18(15)16/h2-10,12H,11,13H2,1H3,(H,30,31). The highest BCUT2D eigenvalue weighted by Crippen LogP contribution is 2.34. The molecule has 4 aromatic rings. The molecule has 1 heterocycles. The molecule has 1 aromatic heterocycles. The summed E-state index contributed by atoms with van der Waals surface area (Å²) >= 11 is 7.40. The molecule has 0 aliphatic heterocycles. The molecule has 0 radical (unpaired) electrons. The number of hydrogen-bond acceptors (Lipinski definition) is 3. The third kappa shape index (κ3) is 4.95. The average Bonchev–Trinajstić information content (AvgIpc) is 3.07. The van der Waals surface area contributed by atoms with Gasteiger partial charge in [-0.25, -0.2) is 4.98 Å². The number of carbonyl (C=O) groups excluding carboxylic acids is 1. The summed E-state index contributed by atoms with van der Waals surface area (Å²) in [5.41, 5.74) is 0.937. The van der Waals surface area contributed by atoms with Crippen LogP contribution in [0.2, 0.25) is 5.02 Å². The van der Waals surface area contributed by atoms with Crippen LogP contribution in [-0.2, 0) is 23.8 Å². The van der Waals surface area contributed by atoms with E-state index in [1.807, 2.05) is 25.1 Å². The summed E-state index contributed by atoms with van der Waals surface area (Å²) in [5, 5.41) is 5.71. The van der Waals surface area contributed by atoms with Gasteiger partial charge < -0.3 is 5.32 Å². The van der Waals surface area contributed by atoms with Gasteiger partial charge in [0.05, 0.1) is 33.4 Å². The second kappa shape index (κ2) is 8.92. The molecule has 0 fully saturated rings. The number of amides is 1. The van der Waals surface area contributed by atoms with E-state index in [9.17, 15) is 18.0 Å². The molecule has 4 rings (SSSR count). The number of aromatic nitrogens is 1. The minimum atomic E-state index is -4.52. The highest BCUT2D eigenvalue weighted by molar-refractivity contribution is 7.11. The number of nitrogens with one attached hydrogen (secondary N) is 1. The van der Waals surface area contributed by atoms with Crippen LogP contribution in [0, 0.1) is 6.92 Å². The zero-order valence-corrected chi connectivity index (χ0v) is 18.5. The molecule has 0 saturated heterocycles. The Morgan fingerprint density at radius 1 is 1.09 bits per heavy atom. The number of nitrogens with zero attached hydrogens (tertiary/aromatic N) is 1. The molecular weight excluding hydrogens is 457 g/mol. The Morgan fingerprint density at radius 3 is 2.62 bits per heavy atom. The number of halogens is 4. The van der Waals surface area contributed by atoms with Crippen molar-refractivity contribution in [3.05, 3.63) is 92.4 Å². The first-order chi connectivity index (χ1) is 15.2. The van der Waals surface area contributed by atoms with Gasteiger partial charge in [0.15, 0.2) is 0 Å². The second-order valence-electron chi connectivity index (χ2n) is 7.35. The van der Waals surface area contributed by atoms with Gasteiger partial charge in [-0.05, 0) is 41.5 Å². The van der Waals surface area contributed by atoms with Gasteiger partial charge in [0.2, 0.25) is 5.91 Å². The summed E-state index contributed by atoms with van der Waals surface area (Å²) in [5.74, 6) is -0.449. The lowest BCUT2D eigenvalue weighted by molar-refractivity contribution is -0.137. The maximum atomic E-state index is 13.0. The van der Waals surface area contributed by atoms with Gasteiger partial charge in [-0.3, -0.25) is 4.79 Å². The number of alkyl halides is 3. The molecular formula is C24H18ClF3N2OS. The predicted molar refractivity (Wildman–Crippen MR) is 122 cm³/mol. The van der Waals surface area contributed by atoms with Crippen LogP contribution in [0.3, 0.4) is 0 Å². The number of rotatable bonds is 5. The number of fused-ring (bicyclic) bond motifs is 1. The first-order valence-electron chi connectivity index (χ1n) is 9.79. The van der Waals surface area contributed by atoms with Gasteiger partial charge >= 0.3 is 6.18 Å². The molecule has 0 aliphatic carbocycles. The Labute approximate surface area is 191 Å². The van der Waals surface area contributed by atoms with Gasteiger partial charge in [-0.1, -0.05) is 54.1 Å². The Morgan fingerprint density at radius 2 is 1.84 bits per heavy atom. The summed E-state index contributed by atoms with van der Waals surface area (Å²) in [4.78, 5) is 17.9.